The Balaban J connectivity index is 2.06. The molecule has 0 aliphatic carbocycles. The maximum absolute atomic E-state index is 11.9. The van der Waals surface area contributed by atoms with Crippen LogP contribution in [0, 0.1) is 0 Å². The molecule has 84 valence electrons. The Labute approximate surface area is 94.7 Å². The van der Waals surface area contributed by atoms with Gasteiger partial charge in [-0.2, -0.15) is 0 Å². The summed E-state index contributed by atoms with van der Waals surface area (Å²) in [6, 6.07) is 2.04. The smallest absolute Gasteiger partial charge is 0.247 e. The van der Waals surface area contributed by atoms with E-state index in [-0.39, 0.29) is 11.9 Å². The Bertz CT molecular complexity index is 444. The second-order valence-electron chi connectivity index (χ2n) is 4.41. The van der Waals surface area contributed by atoms with Gasteiger partial charge in [0, 0.05) is 12.7 Å². The summed E-state index contributed by atoms with van der Waals surface area (Å²) in [6.07, 6.45) is 4.88. The largest absolute Gasteiger partial charge is 0.343 e. The van der Waals surface area contributed by atoms with Crippen LogP contribution in [0.15, 0.2) is 12.3 Å². The van der Waals surface area contributed by atoms with Gasteiger partial charge in [0.15, 0.2) is 5.82 Å². The topological polar surface area (TPSA) is 45.2 Å². The number of rotatable bonds is 1. The molecule has 0 bridgehead atoms. The summed E-state index contributed by atoms with van der Waals surface area (Å²) in [5.74, 6) is 1.07. The second-order valence-corrected chi connectivity index (χ2v) is 4.41. The first-order valence-corrected chi connectivity index (χ1v) is 5.86. The Kier molecular flexibility index (Phi) is 2.09. The highest BCUT2D eigenvalue weighted by Crippen LogP contribution is 2.35. The first-order valence-electron chi connectivity index (χ1n) is 5.86. The van der Waals surface area contributed by atoms with Crippen LogP contribution in [-0.2, 0) is 11.2 Å². The third-order valence-corrected chi connectivity index (χ3v) is 3.42. The van der Waals surface area contributed by atoms with Gasteiger partial charge in [-0.25, -0.2) is 4.98 Å². The van der Waals surface area contributed by atoms with E-state index < -0.39 is 0 Å². The highest BCUT2D eigenvalue weighted by Gasteiger charge is 2.37. The highest BCUT2D eigenvalue weighted by molar-refractivity contribution is 6.03. The average Bonchev–Trinajstić information content (AvgIpc) is 2.78. The molecule has 1 aromatic heterocycles. The van der Waals surface area contributed by atoms with Crippen LogP contribution in [0.1, 0.15) is 25.3 Å². The van der Waals surface area contributed by atoms with E-state index in [1.54, 1.807) is 0 Å². The first-order chi connectivity index (χ1) is 7.79. The number of hydrogen-bond donors (Lipinski definition) is 1. The minimum absolute atomic E-state index is 0.00692. The minimum Gasteiger partial charge on any atom is -0.343 e. The molecule has 0 radical (unpaired) electrons. The molecule has 2 aliphatic rings. The van der Waals surface area contributed by atoms with Crippen molar-refractivity contribution in [2.24, 2.45) is 0 Å². The molecule has 1 N–H and O–H groups in total. The van der Waals surface area contributed by atoms with Crippen LogP contribution in [0.25, 0.3) is 0 Å². The van der Waals surface area contributed by atoms with E-state index in [1.165, 1.54) is 0 Å². The number of pyridine rings is 1. The van der Waals surface area contributed by atoms with Crippen molar-refractivity contribution < 1.29 is 4.79 Å². The van der Waals surface area contributed by atoms with E-state index in [0.717, 1.165) is 42.9 Å². The maximum Gasteiger partial charge on any atom is 0.247 e. The van der Waals surface area contributed by atoms with Crippen LogP contribution in [0.5, 0.6) is 0 Å². The first kappa shape index (κ1) is 9.63. The number of amides is 1. The average molecular weight is 217 g/mol. The summed E-state index contributed by atoms with van der Waals surface area (Å²) in [5.41, 5.74) is 2.04. The number of fused-ring (bicyclic) bond motifs is 3. The predicted molar refractivity (Wildman–Crippen MR) is 62.6 cm³/mol. The molecule has 1 amide bonds. The van der Waals surface area contributed by atoms with Crippen LogP contribution in [0.4, 0.5) is 11.5 Å². The summed E-state index contributed by atoms with van der Waals surface area (Å²) in [4.78, 5) is 18.5. The van der Waals surface area contributed by atoms with Gasteiger partial charge in [0.1, 0.15) is 6.04 Å². The number of nitrogens with one attached hydrogen (secondary N) is 1. The summed E-state index contributed by atoms with van der Waals surface area (Å²) in [7, 11) is 0. The second kappa shape index (κ2) is 3.47. The van der Waals surface area contributed by atoms with Gasteiger partial charge in [0.2, 0.25) is 5.91 Å². The molecular weight excluding hydrogens is 202 g/mol. The van der Waals surface area contributed by atoms with Crippen molar-refractivity contribution in [1.29, 1.82) is 0 Å². The van der Waals surface area contributed by atoms with Gasteiger partial charge >= 0.3 is 0 Å². The van der Waals surface area contributed by atoms with Gasteiger partial charge in [0.25, 0.3) is 0 Å². The number of nitrogens with zero attached hydrogens (tertiary/aromatic N) is 2. The molecule has 16 heavy (non-hydrogen) atoms. The van der Waals surface area contributed by atoms with Crippen molar-refractivity contribution in [2.45, 2.75) is 32.2 Å². The van der Waals surface area contributed by atoms with Crippen molar-refractivity contribution in [3.63, 3.8) is 0 Å². The molecule has 3 heterocycles. The molecule has 0 spiro atoms. The van der Waals surface area contributed by atoms with Crippen LogP contribution in [0.2, 0.25) is 0 Å². The fourth-order valence-corrected chi connectivity index (χ4v) is 2.52. The van der Waals surface area contributed by atoms with Gasteiger partial charge < -0.3 is 10.2 Å². The Hall–Kier alpha value is -1.58. The third kappa shape index (κ3) is 1.29. The van der Waals surface area contributed by atoms with Crippen LogP contribution >= 0.6 is 0 Å². The van der Waals surface area contributed by atoms with E-state index >= 15 is 0 Å². The van der Waals surface area contributed by atoms with E-state index in [4.69, 9.17) is 0 Å². The Morgan fingerprint density at radius 3 is 3.31 bits per heavy atom. The number of hydrogen-bond acceptors (Lipinski definition) is 3. The van der Waals surface area contributed by atoms with Crippen LogP contribution in [0.3, 0.4) is 0 Å². The molecule has 4 heteroatoms. The molecule has 1 aromatic rings. The molecule has 0 aromatic carbocycles. The van der Waals surface area contributed by atoms with Gasteiger partial charge in [-0.1, -0.05) is 6.92 Å². The van der Waals surface area contributed by atoms with Crippen LogP contribution < -0.4 is 10.2 Å². The molecule has 1 atom stereocenters. The van der Waals surface area contributed by atoms with Crippen LogP contribution in [-0.4, -0.2) is 23.5 Å². The zero-order chi connectivity index (χ0) is 11.1. The number of aromatic nitrogens is 1. The fraction of sp³-hybridized carbons (Fsp3) is 0.500. The third-order valence-electron chi connectivity index (χ3n) is 3.42. The Morgan fingerprint density at radius 2 is 2.50 bits per heavy atom. The zero-order valence-electron chi connectivity index (χ0n) is 9.36. The van der Waals surface area contributed by atoms with Crippen molar-refractivity contribution >= 4 is 17.4 Å². The van der Waals surface area contributed by atoms with E-state index in [2.05, 4.69) is 22.1 Å². The number of carbonyl (C=O) groups excluding carboxylic acids is 1. The highest BCUT2D eigenvalue weighted by atomic mass is 16.2. The Morgan fingerprint density at radius 1 is 1.62 bits per heavy atom. The number of anilines is 2. The lowest BCUT2D eigenvalue weighted by Crippen LogP contribution is -2.44. The predicted octanol–water partition coefficient (Wildman–Crippen LogP) is 1.56. The molecular formula is C12H15N3O. The zero-order valence-corrected chi connectivity index (χ0v) is 9.36. The normalized spacial score (nSPS) is 22.7. The standard InChI is InChI=1S/C12H15N3O/c1-2-8-6-9-11(13-7-8)15-5-3-4-10(15)12(16)14-9/h6-7,10H,2-5H2,1H3,(H,14,16)/t10-/m0/s1. The lowest BCUT2D eigenvalue weighted by Gasteiger charge is -2.31. The summed E-state index contributed by atoms with van der Waals surface area (Å²) in [6.45, 7) is 3.04. The van der Waals surface area contributed by atoms with Crippen molar-refractivity contribution in [1.82, 2.24) is 4.98 Å². The fourth-order valence-electron chi connectivity index (χ4n) is 2.52. The van der Waals surface area contributed by atoms with E-state index in [9.17, 15) is 4.79 Å². The summed E-state index contributed by atoms with van der Waals surface area (Å²) >= 11 is 0. The molecule has 0 saturated carbocycles. The SMILES string of the molecule is CCc1cnc2c(c1)NC(=O)[C@@H]1CCCN21. The monoisotopic (exact) mass is 217 g/mol. The van der Waals surface area contributed by atoms with E-state index in [0.29, 0.717) is 0 Å². The number of carbonyl (C=O) groups is 1. The van der Waals surface area contributed by atoms with Crippen molar-refractivity contribution in [3.8, 4) is 0 Å². The number of aryl methyl sites for hydroxylation is 1. The molecule has 0 unspecified atom stereocenters. The summed E-state index contributed by atoms with van der Waals surface area (Å²) < 4.78 is 0. The lowest BCUT2D eigenvalue weighted by molar-refractivity contribution is -0.117. The van der Waals surface area contributed by atoms with Gasteiger partial charge in [-0.15, -0.1) is 0 Å². The van der Waals surface area contributed by atoms with Crippen molar-refractivity contribution in [2.75, 3.05) is 16.8 Å². The summed E-state index contributed by atoms with van der Waals surface area (Å²) in [5, 5.41) is 2.96. The molecule has 1 saturated heterocycles. The lowest BCUT2D eigenvalue weighted by atomic mass is 10.1. The molecule has 1 fully saturated rings. The quantitative estimate of drug-likeness (QED) is 0.776. The van der Waals surface area contributed by atoms with E-state index in [1.807, 2.05) is 12.3 Å². The maximum atomic E-state index is 11.9. The van der Waals surface area contributed by atoms with Gasteiger partial charge in [0.05, 0.1) is 5.69 Å². The molecule has 2 aliphatic heterocycles. The van der Waals surface area contributed by atoms with Gasteiger partial charge in [-0.05, 0) is 30.9 Å². The molecule has 4 nitrogen and oxygen atoms in total. The minimum atomic E-state index is 0.00692. The molecule has 3 rings (SSSR count). The van der Waals surface area contributed by atoms with Crippen molar-refractivity contribution in [3.05, 3.63) is 17.8 Å². The van der Waals surface area contributed by atoms with Gasteiger partial charge in [-0.3, -0.25) is 4.79 Å².